The summed E-state index contributed by atoms with van der Waals surface area (Å²) in [4.78, 5) is 26.6. The van der Waals surface area contributed by atoms with Gasteiger partial charge in [0, 0.05) is 38.8 Å². The molecule has 0 aliphatic carbocycles. The zero-order valence-corrected chi connectivity index (χ0v) is 16.1. The van der Waals surface area contributed by atoms with Gasteiger partial charge >= 0.3 is 0 Å². The first-order valence-electron chi connectivity index (χ1n) is 9.34. The number of rotatable bonds is 6. The minimum absolute atomic E-state index is 0.0782. The predicted octanol–water partition coefficient (Wildman–Crippen LogP) is 2.24. The number of hydrogen-bond donors (Lipinski definition) is 2. The van der Waals surface area contributed by atoms with Gasteiger partial charge in [0.1, 0.15) is 11.5 Å². The summed E-state index contributed by atoms with van der Waals surface area (Å²) in [7, 11) is 3.56. The monoisotopic (exact) mass is 373 g/mol. The van der Waals surface area contributed by atoms with Crippen LogP contribution in [0.1, 0.15) is 53.7 Å². The smallest absolute Gasteiger partial charge is 0.267 e. The lowest BCUT2D eigenvalue weighted by Gasteiger charge is -2.36. The third-order valence-corrected chi connectivity index (χ3v) is 5.10. The van der Waals surface area contributed by atoms with Crippen molar-refractivity contribution in [2.45, 2.75) is 38.6 Å². The molecular formula is C19H27N5O3. The molecule has 8 heteroatoms. The number of hydrogen-bond acceptors (Lipinski definition) is 5. The Morgan fingerprint density at radius 1 is 1.33 bits per heavy atom. The normalized spacial score (nSPS) is 17.7. The maximum atomic E-state index is 12.2. The van der Waals surface area contributed by atoms with E-state index in [-0.39, 0.29) is 17.9 Å². The van der Waals surface area contributed by atoms with Crippen molar-refractivity contribution in [1.82, 2.24) is 19.9 Å². The van der Waals surface area contributed by atoms with Gasteiger partial charge in [0.15, 0.2) is 5.82 Å². The third kappa shape index (κ3) is 4.39. The van der Waals surface area contributed by atoms with Crippen molar-refractivity contribution in [2.75, 3.05) is 25.5 Å². The summed E-state index contributed by atoms with van der Waals surface area (Å²) in [6.07, 6.45) is 3.67. The van der Waals surface area contributed by atoms with E-state index in [1.54, 1.807) is 20.0 Å². The molecule has 0 saturated carbocycles. The number of carbonyl (C=O) groups is 2. The lowest BCUT2D eigenvalue weighted by Crippen LogP contribution is -2.36. The highest BCUT2D eigenvalue weighted by atomic mass is 16.5. The lowest BCUT2D eigenvalue weighted by molar-refractivity contribution is -0.116. The summed E-state index contributed by atoms with van der Waals surface area (Å²) in [5.74, 6) is 0.946. The topological polar surface area (TPSA) is 92.4 Å². The fourth-order valence-electron chi connectivity index (χ4n) is 3.69. The van der Waals surface area contributed by atoms with Crippen LogP contribution < -0.4 is 10.6 Å². The van der Waals surface area contributed by atoms with Crippen LogP contribution in [-0.2, 0) is 11.8 Å². The number of likely N-dealkylation sites (tertiary alicyclic amines) is 1. The minimum atomic E-state index is -0.0895. The Bertz CT molecular complexity index is 810. The first-order valence-corrected chi connectivity index (χ1v) is 9.34. The van der Waals surface area contributed by atoms with Crippen LogP contribution in [0.15, 0.2) is 22.7 Å². The number of nitrogens with one attached hydrogen (secondary N) is 2. The fourth-order valence-corrected chi connectivity index (χ4v) is 3.69. The van der Waals surface area contributed by atoms with Crippen molar-refractivity contribution in [3.05, 3.63) is 35.3 Å². The molecule has 2 aromatic rings. The van der Waals surface area contributed by atoms with E-state index in [2.05, 4.69) is 20.7 Å². The lowest BCUT2D eigenvalue weighted by atomic mass is 9.99. The van der Waals surface area contributed by atoms with Crippen LogP contribution in [0, 0.1) is 6.92 Å². The van der Waals surface area contributed by atoms with Gasteiger partial charge < -0.3 is 19.7 Å². The SMILES string of the molecule is CNC(=O)c1ccc(C2CCCCN2CCC(=O)Nc2cc(C)on2)n1C. The summed E-state index contributed by atoms with van der Waals surface area (Å²) < 4.78 is 6.93. The number of anilines is 1. The molecule has 1 saturated heterocycles. The molecule has 3 rings (SSSR count). The number of piperidine rings is 1. The highest BCUT2D eigenvalue weighted by molar-refractivity contribution is 5.92. The summed E-state index contributed by atoms with van der Waals surface area (Å²) in [5, 5.41) is 9.23. The van der Waals surface area contributed by atoms with Crippen LogP contribution in [0.5, 0.6) is 0 Å². The van der Waals surface area contributed by atoms with Gasteiger partial charge in [-0.2, -0.15) is 0 Å². The standard InChI is InChI=1S/C19H27N5O3/c1-13-12-17(22-27-13)21-18(25)9-11-24-10-5-4-6-15(24)14-7-8-16(23(14)3)19(26)20-2/h7-8,12,15H,4-6,9-11H2,1-3H3,(H,20,26)(H,21,22,25). The van der Waals surface area contributed by atoms with Crippen LogP contribution in [0.3, 0.4) is 0 Å². The van der Waals surface area contributed by atoms with Gasteiger partial charge in [-0.15, -0.1) is 0 Å². The van der Waals surface area contributed by atoms with E-state index in [1.807, 2.05) is 23.7 Å². The maximum absolute atomic E-state index is 12.2. The highest BCUT2D eigenvalue weighted by Crippen LogP contribution is 2.31. The molecule has 1 atom stereocenters. The second-order valence-electron chi connectivity index (χ2n) is 6.95. The third-order valence-electron chi connectivity index (χ3n) is 5.10. The van der Waals surface area contributed by atoms with E-state index < -0.39 is 0 Å². The molecule has 0 radical (unpaired) electrons. The van der Waals surface area contributed by atoms with Gasteiger partial charge in [0.25, 0.3) is 5.91 Å². The Hall–Kier alpha value is -2.61. The van der Waals surface area contributed by atoms with Crippen LogP contribution in [0.2, 0.25) is 0 Å². The quantitative estimate of drug-likeness (QED) is 0.810. The van der Waals surface area contributed by atoms with Gasteiger partial charge in [-0.05, 0) is 38.4 Å². The molecule has 8 nitrogen and oxygen atoms in total. The zero-order chi connectivity index (χ0) is 19.4. The van der Waals surface area contributed by atoms with E-state index >= 15 is 0 Å². The molecule has 1 aliphatic rings. The van der Waals surface area contributed by atoms with E-state index in [0.29, 0.717) is 30.2 Å². The summed E-state index contributed by atoms with van der Waals surface area (Å²) in [5.41, 5.74) is 1.76. The molecule has 146 valence electrons. The second kappa shape index (κ2) is 8.39. The van der Waals surface area contributed by atoms with Crippen molar-refractivity contribution >= 4 is 17.6 Å². The molecule has 3 heterocycles. The van der Waals surface area contributed by atoms with E-state index in [4.69, 9.17) is 4.52 Å². The van der Waals surface area contributed by atoms with Gasteiger partial charge in [-0.1, -0.05) is 11.6 Å². The summed E-state index contributed by atoms with van der Waals surface area (Å²) in [6, 6.07) is 5.79. The first kappa shape index (κ1) is 19.2. The Morgan fingerprint density at radius 2 is 2.15 bits per heavy atom. The van der Waals surface area contributed by atoms with E-state index in [0.717, 1.165) is 31.5 Å². The Morgan fingerprint density at radius 3 is 2.85 bits per heavy atom. The van der Waals surface area contributed by atoms with Gasteiger partial charge in [-0.25, -0.2) is 0 Å². The number of aryl methyl sites for hydroxylation is 1. The van der Waals surface area contributed by atoms with Crippen LogP contribution in [-0.4, -0.2) is 46.6 Å². The van der Waals surface area contributed by atoms with Crippen LogP contribution in [0.4, 0.5) is 5.82 Å². The first-order chi connectivity index (χ1) is 13.0. The van der Waals surface area contributed by atoms with Gasteiger partial charge in [-0.3, -0.25) is 14.5 Å². The average Bonchev–Trinajstić information content (AvgIpc) is 3.25. The molecular weight excluding hydrogens is 346 g/mol. The summed E-state index contributed by atoms with van der Waals surface area (Å²) >= 11 is 0. The Labute approximate surface area is 158 Å². The molecule has 1 fully saturated rings. The van der Waals surface area contributed by atoms with Crippen molar-refractivity contribution in [3.63, 3.8) is 0 Å². The second-order valence-corrected chi connectivity index (χ2v) is 6.95. The van der Waals surface area contributed by atoms with Gasteiger partial charge in [0.05, 0.1) is 6.04 Å². The molecule has 2 amide bonds. The largest absolute Gasteiger partial charge is 0.360 e. The molecule has 0 aromatic carbocycles. The molecule has 1 unspecified atom stereocenters. The van der Waals surface area contributed by atoms with Crippen molar-refractivity contribution in [1.29, 1.82) is 0 Å². The molecule has 2 N–H and O–H groups in total. The number of nitrogens with zero attached hydrogens (tertiary/aromatic N) is 3. The van der Waals surface area contributed by atoms with Crippen molar-refractivity contribution in [3.8, 4) is 0 Å². The molecule has 0 bridgehead atoms. The van der Waals surface area contributed by atoms with E-state index in [9.17, 15) is 9.59 Å². The molecule has 2 aromatic heterocycles. The maximum Gasteiger partial charge on any atom is 0.267 e. The number of amides is 2. The van der Waals surface area contributed by atoms with Gasteiger partial charge in [0.2, 0.25) is 5.91 Å². The summed E-state index contributed by atoms with van der Waals surface area (Å²) in [6.45, 7) is 3.39. The molecule has 27 heavy (non-hydrogen) atoms. The Kier molecular flexibility index (Phi) is 5.95. The molecule has 0 spiro atoms. The van der Waals surface area contributed by atoms with Crippen molar-refractivity contribution < 1.29 is 14.1 Å². The van der Waals surface area contributed by atoms with Crippen LogP contribution in [0.25, 0.3) is 0 Å². The Balaban J connectivity index is 1.64. The van der Waals surface area contributed by atoms with Crippen LogP contribution >= 0.6 is 0 Å². The minimum Gasteiger partial charge on any atom is -0.360 e. The highest BCUT2D eigenvalue weighted by Gasteiger charge is 2.27. The number of aromatic nitrogens is 2. The predicted molar refractivity (Wildman–Crippen MR) is 101 cm³/mol. The fraction of sp³-hybridized carbons (Fsp3) is 0.526. The zero-order valence-electron chi connectivity index (χ0n) is 16.1. The average molecular weight is 373 g/mol. The van der Waals surface area contributed by atoms with Crippen molar-refractivity contribution in [2.24, 2.45) is 7.05 Å². The number of carbonyl (C=O) groups excluding carboxylic acids is 2. The van der Waals surface area contributed by atoms with E-state index in [1.165, 1.54) is 0 Å². The molecule has 1 aliphatic heterocycles.